The summed E-state index contributed by atoms with van der Waals surface area (Å²) in [5.74, 6) is -0.235. The standard InChI is InChI=1S/C17H10O5/c18-11-3-1-5-13-9(11)7-15(21-13)17(20)16-8-10-12(19)4-2-6-14(10)22-16/h1-8,18-19H. The summed E-state index contributed by atoms with van der Waals surface area (Å²) in [5.41, 5.74) is 0.838. The Bertz CT molecular complexity index is 940. The van der Waals surface area contributed by atoms with E-state index in [-0.39, 0.29) is 23.0 Å². The maximum absolute atomic E-state index is 12.5. The number of phenols is 2. The summed E-state index contributed by atoms with van der Waals surface area (Å²) >= 11 is 0. The molecule has 0 spiro atoms. The topological polar surface area (TPSA) is 83.8 Å². The third-order valence-corrected chi connectivity index (χ3v) is 3.52. The van der Waals surface area contributed by atoms with Crippen LogP contribution in [0.1, 0.15) is 16.3 Å². The van der Waals surface area contributed by atoms with Crippen LogP contribution in [0.25, 0.3) is 21.9 Å². The lowest BCUT2D eigenvalue weighted by atomic mass is 10.2. The van der Waals surface area contributed by atoms with E-state index < -0.39 is 5.78 Å². The predicted molar refractivity (Wildman–Crippen MR) is 79.2 cm³/mol. The van der Waals surface area contributed by atoms with Crippen LogP contribution in [-0.2, 0) is 0 Å². The number of aromatic hydroxyl groups is 2. The molecule has 2 aromatic carbocycles. The molecule has 5 nitrogen and oxygen atoms in total. The van der Waals surface area contributed by atoms with E-state index in [1.54, 1.807) is 24.3 Å². The third kappa shape index (κ3) is 1.76. The largest absolute Gasteiger partial charge is 0.507 e. The molecule has 0 atom stereocenters. The minimum atomic E-state index is -0.453. The molecule has 0 aliphatic carbocycles. The predicted octanol–water partition coefficient (Wildman–Crippen LogP) is 3.82. The number of benzene rings is 2. The van der Waals surface area contributed by atoms with Crippen molar-refractivity contribution in [1.82, 2.24) is 0 Å². The number of fused-ring (bicyclic) bond motifs is 2. The van der Waals surface area contributed by atoms with E-state index in [4.69, 9.17) is 8.83 Å². The Kier molecular flexibility index (Phi) is 2.50. The molecule has 4 aromatic rings. The van der Waals surface area contributed by atoms with E-state index in [2.05, 4.69) is 0 Å². The van der Waals surface area contributed by atoms with Gasteiger partial charge in [-0.15, -0.1) is 0 Å². The number of hydrogen-bond acceptors (Lipinski definition) is 5. The summed E-state index contributed by atoms with van der Waals surface area (Å²) in [4.78, 5) is 12.5. The first-order chi connectivity index (χ1) is 10.6. The van der Waals surface area contributed by atoms with Gasteiger partial charge in [-0.1, -0.05) is 12.1 Å². The summed E-state index contributed by atoms with van der Waals surface area (Å²) in [6.45, 7) is 0. The molecule has 2 aromatic heterocycles. The lowest BCUT2D eigenvalue weighted by Gasteiger charge is -1.90. The molecule has 0 fully saturated rings. The van der Waals surface area contributed by atoms with E-state index in [1.807, 2.05) is 0 Å². The first-order valence-corrected chi connectivity index (χ1v) is 6.61. The van der Waals surface area contributed by atoms with Crippen LogP contribution in [0.4, 0.5) is 0 Å². The Hall–Kier alpha value is -3.21. The molecular formula is C17H10O5. The van der Waals surface area contributed by atoms with Crippen LogP contribution in [0.15, 0.2) is 57.4 Å². The molecule has 2 N–H and O–H groups in total. The Morgan fingerprint density at radius 3 is 1.64 bits per heavy atom. The molecule has 0 radical (unpaired) electrons. The first-order valence-electron chi connectivity index (χ1n) is 6.61. The number of furan rings is 2. The van der Waals surface area contributed by atoms with Gasteiger partial charge in [-0.25, -0.2) is 0 Å². The maximum Gasteiger partial charge on any atom is 0.263 e. The molecule has 4 rings (SSSR count). The second kappa shape index (κ2) is 4.39. The number of carbonyl (C=O) groups excluding carboxylic acids is 1. The summed E-state index contributed by atoms with van der Waals surface area (Å²) < 4.78 is 10.9. The zero-order chi connectivity index (χ0) is 15.3. The highest BCUT2D eigenvalue weighted by atomic mass is 16.4. The molecule has 2 heterocycles. The van der Waals surface area contributed by atoms with Crippen molar-refractivity contribution in [1.29, 1.82) is 0 Å². The highest BCUT2D eigenvalue weighted by Gasteiger charge is 2.20. The number of ketones is 1. The van der Waals surface area contributed by atoms with Gasteiger partial charge < -0.3 is 19.0 Å². The van der Waals surface area contributed by atoms with Crippen LogP contribution < -0.4 is 0 Å². The molecule has 0 aliphatic rings. The average Bonchev–Trinajstić information content (AvgIpc) is 3.11. The number of hydrogen-bond donors (Lipinski definition) is 2. The van der Waals surface area contributed by atoms with Gasteiger partial charge in [-0.2, -0.15) is 0 Å². The minimum absolute atomic E-state index is 0.0440. The highest BCUT2D eigenvalue weighted by molar-refractivity contribution is 6.09. The molecule has 5 heteroatoms. The van der Waals surface area contributed by atoms with Crippen molar-refractivity contribution in [2.24, 2.45) is 0 Å². The lowest BCUT2D eigenvalue weighted by Crippen LogP contribution is -1.96. The van der Waals surface area contributed by atoms with Crippen molar-refractivity contribution in [2.45, 2.75) is 0 Å². The third-order valence-electron chi connectivity index (χ3n) is 3.52. The van der Waals surface area contributed by atoms with E-state index in [9.17, 15) is 15.0 Å². The van der Waals surface area contributed by atoms with E-state index in [0.717, 1.165) is 0 Å². The van der Waals surface area contributed by atoms with Gasteiger partial charge in [-0.05, 0) is 36.4 Å². The van der Waals surface area contributed by atoms with E-state index in [0.29, 0.717) is 21.9 Å². The fourth-order valence-electron chi connectivity index (χ4n) is 2.44. The van der Waals surface area contributed by atoms with Crippen molar-refractivity contribution in [3.8, 4) is 11.5 Å². The molecule has 0 saturated carbocycles. The second-order valence-electron chi connectivity index (χ2n) is 4.93. The summed E-state index contributed by atoms with van der Waals surface area (Å²) in [6.07, 6.45) is 0. The van der Waals surface area contributed by atoms with Crippen molar-refractivity contribution in [2.75, 3.05) is 0 Å². The summed E-state index contributed by atoms with van der Waals surface area (Å²) in [6, 6.07) is 12.6. The summed E-state index contributed by atoms with van der Waals surface area (Å²) in [7, 11) is 0. The SMILES string of the molecule is O=C(c1cc2c(O)cccc2o1)c1cc2c(O)cccc2o1. The zero-order valence-electron chi connectivity index (χ0n) is 11.2. The summed E-state index contributed by atoms with van der Waals surface area (Å²) in [5, 5.41) is 20.4. The Morgan fingerprint density at radius 1 is 0.773 bits per heavy atom. The van der Waals surface area contributed by atoms with Gasteiger partial charge in [0.25, 0.3) is 5.78 Å². The second-order valence-corrected chi connectivity index (χ2v) is 4.93. The van der Waals surface area contributed by atoms with Crippen LogP contribution in [0.5, 0.6) is 11.5 Å². The van der Waals surface area contributed by atoms with Gasteiger partial charge in [-0.3, -0.25) is 4.79 Å². The first kappa shape index (κ1) is 12.5. The normalized spacial score (nSPS) is 11.3. The monoisotopic (exact) mass is 294 g/mol. The molecule has 22 heavy (non-hydrogen) atoms. The Morgan fingerprint density at radius 2 is 1.23 bits per heavy atom. The zero-order valence-corrected chi connectivity index (χ0v) is 11.2. The van der Waals surface area contributed by atoms with Crippen molar-refractivity contribution >= 4 is 27.7 Å². The van der Waals surface area contributed by atoms with Gasteiger partial charge >= 0.3 is 0 Å². The molecule has 0 amide bonds. The van der Waals surface area contributed by atoms with Crippen LogP contribution in [-0.4, -0.2) is 16.0 Å². The minimum Gasteiger partial charge on any atom is -0.507 e. The number of carbonyl (C=O) groups is 1. The lowest BCUT2D eigenvalue weighted by molar-refractivity contribution is 0.0987. The van der Waals surface area contributed by atoms with Crippen molar-refractivity contribution in [3.05, 3.63) is 60.1 Å². The van der Waals surface area contributed by atoms with Gasteiger partial charge in [0.1, 0.15) is 22.7 Å². The molecular weight excluding hydrogens is 284 g/mol. The van der Waals surface area contributed by atoms with Crippen LogP contribution in [0.2, 0.25) is 0 Å². The van der Waals surface area contributed by atoms with Gasteiger partial charge in [0.05, 0.1) is 10.8 Å². The molecule has 108 valence electrons. The van der Waals surface area contributed by atoms with E-state index >= 15 is 0 Å². The molecule has 0 saturated heterocycles. The fraction of sp³-hybridized carbons (Fsp3) is 0. The molecule has 0 unspecified atom stereocenters. The quantitative estimate of drug-likeness (QED) is 0.549. The molecule has 0 aliphatic heterocycles. The van der Waals surface area contributed by atoms with Crippen molar-refractivity contribution in [3.63, 3.8) is 0 Å². The van der Waals surface area contributed by atoms with Gasteiger partial charge in [0.15, 0.2) is 11.5 Å². The highest BCUT2D eigenvalue weighted by Crippen LogP contribution is 2.31. The van der Waals surface area contributed by atoms with Crippen LogP contribution in [0.3, 0.4) is 0 Å². The molecule has 0 bridgehead atoms. The average molecular weight is 294 g/mol. The maximum atomic E-state index is 12.5. The van der Waals surface area contributed by atoms with Gasteiger partial charge in [0.2, 0.25) is 0 Å². The fourth-order valence-corrected chi connectivity index (χ4v) is 2.44. The van der Waals surface area contributed by atoms with E-state index in [1.165, 1.54) is 24.3 Å². The van der Waals surface area contributed by atoms with Crippen LogP contribution in [0, 0.1) is 0 Å². The smallest absolute Gasteiger partial charge is 0.263 e. The Labute approximate surface area is 124 Å². The Balaban J connectivity index is 1.84. The van der Waals surface area contributed by atoms with Gasteiger partial charge in [0, 0.05) is 0 Å². The number of phenolic OH excluding ortho intramolecular Hbond substituents is 2. The van der Waals surface area contributed by atoms with Crippen molar-refractivity contribution < 1.29 is 23.8 Å². The van der Waals surface area contributed by atoms with Crippen LogP contribution >= 0.6 is 0 Å². The number of rotatable bonds is 2.